The van der Waals surface area contributed by atoms with E-state index in [2.05, 4.69) is 0 Å². The normalized spacial score (nSPS) is 13.0. The summed E-state index contributed by atoms with van der Waals surface area (Å²) in [5, 5.41) is 0. The molecule has 0 aromatic carbocycles. The topological polar surface area (TPSA) is 34.1 Å². The van der Waals surface area contributed by atoms with E-state index in [-0.39, 0.29) is 0 Å². The smallest absolute Gasteiger partial charge is 0.260 e. The van der Waals surface area contributed by atoms with E-state index in [4.69, 9.17) is 0 Å². The Morgan fingerprint density at radius 1 is 1.56 bits per heavy atom. The number of hydrogen-bond acceptors (Lipinski definition) is 2. The van der Waals surface area contributed by atoms with Crippen LogP contribution < -0.4 is 0 Å². The maximum absolute atomic E-state index is 10.7. The van der Waals surface area contributed by atoms with Gasteiger partial charge in [0.05, 0.1) is 0 Å². The number of rotatable bonds is 5. The SMILES string of the molecule is CCS(=O)CCC[S+]=O. The summed E-state index contributed by atoms with van der Waals surface area (Å²) in [5.74, 6) is 1.99. The lowest BCUT2D eigenvalue weighted by Gasteiger charge is -1.89. The summed E-state index contributed by atoms with van der Waals surface area (Å²) < 4.78 is 20.5. The van der Waals surface area contributed by atoms with Gasteiger partial charge in [-0.1, -0.05) is 6.92 Å². The second kappa shape index (κ2) is 6.29. The highest BCUT2D eigenvalue weighted by molar-refractivity contribution is 7.84. The number of hydrogen-bond donors (Lipinski definition) is 0. The molecular weight excluding hydrogens is 156 g/mol. The minimum atomic E-state index is -0.681. The van der Waals surface area contributed by atoms with Gasteiger partial charge in [0.2, 0.25) is 5.75 Å². The van der Waals surface area contributed by atoms with Gasteiger partial charge in [0.1, 0.15) is 0 Å². The quantitative estimate of drug-likeness (QED) is 0.443. The largest absolute Gasteiger partial charge is 0.458 e. The first-order chi connectivity index (χ1) is 4.31. The van der Waals surface area contributed by atoms with Crippen LogP contribution in [-0.2, 0) is 26.7 Å². The third-order valence-corrected chi connectivity index (χ3v) is 2.76. The lowest BCUT2D eigenvalue weighted by atomic mass is 10.6. The van der Waals surface area contributed by atoms with Gasteiger partial charge in [0.15, 0.2) is 0 Å². The summed E-state index contributed by atoms with van der Waals surface area (Å²) in [5.41, 5.74) is 0. The minimum Gasteiger partial charge on any atom is -0.260 e. The molecule has 1 atom stereocenters. The Morgan fingerprint density at radius 2 is 2.22 bits per heavy atom. The summed E-state index contributed by atoms with van der Waals surface area (Å²) >= 11 is 0.570. The molecule has 2 nitrogen and oxygen atoms in total. The Labute approximate surface area is 62.0 Å². The molecule has 0 heterocycles. The fourth-order valence-corrected chi connectivity index (χ4v) is 1.62. The van der Waals surface area contributed by atoms with Crippen LogP contribution in [-0.4, -0.2) is 21.5 Å². The van der Waals surface area contributed by atoms with Gasteiger partial charge in [0.25, 0.3) is 0 Å². The molecule has 4 heteroatoms. The van der Waals surface area contributed by atoms with Gasteiger partial charge in [-0.05, 0) is 0 Å². The van der Waals surface area contributed by atoms with Crippen LogP contribution in [0.1, 0.15) is 13.3 Å². The highest BCUT2D eigenvalue weighted by Gasteiger charge is 2.00. The molecule has 54 valence electrons. The lowest BCUT2D eigenvalue weighted by molar-refractivity contribution is 0.604. The minimum absolute atomic E-state index is 0.570. The summed E-state index contributed by atoms with van der Waals surface area (Å²) in [6.07, 6.45) is 0.786. The zero-order valence-electron chi connectivity index (χ0n) is 5.46. The molecule has 0 aliphatic heterocycles. The Bertz CT molecular complexity index is 103. The second-order valence-electron chi connectivity index (χ2n) is 1.61. The molecule has 0 rings (SSSR count). The Kier molecular flexibility index (Phi) is 6.41. The van der Waals surface area contributed by atoms with Crippen LogP contribution in [0.2, 0.25) is 0 Å². The molecule has 0 bridgehead atoms. The molecule has 0 saturated heterocycles. The van der Waals surface area contributed by atoms with Crippen LogP contribution in [0.4, 0.5) is 0 Å². The maximum atomic E-state index is 10.7. The van der Waals surface area contributed by atoms with Crippen molar-refractivity contribution in [1.82, 2.24) is 0 Å². The van der Waals surface area contributed by atoms with E-state index < -0.39 is 10.8 Å². The molecule has 0 aliphatic carbocycles. The van der Waals surface area contributed by atoms with E-state index in [0.29, 0.717) is 28.9 Å². The van der Waals surface area contributed by atoms with Crippen LogP contribution in [0.15, 0.2) is 0 Å². The summed E-state index contributed by atoms with van der Waals surface area (Å²) in [4.78, 5) is 0. The van der Waals surface area contributed by atoms with E-state index in [1.165, 1.54) is 0 Å². The van der Waals surface area contributed by atoms with Gasteiger partial charge < -0.3 is 0 Å². The van der Waals surface area contributed by atoms with Gasteiger partial charge in [0, 0.05) is 32.9 Å². The molecule has 1 unspecified atom stereocenters. The average molecular weight is 167 g/mol. The van der Waals surface area contributed by atoms with E-state index in [0.717, 1.165) is 6.42 Å². The average Bonchev–Trinajstić information content (AvgIpc) is 1.89. The highest BCUT2D eigenvalue weighted by atomic mass is 32.2. The zero-order chi connectivity index (χ0) is 7.11. The van der Waals surface area contributed by atoms with Gasteiger partial charge in [-0.3, -0.25) is 4.21 Å². The van der Waals surface area contributed by atoms with Gasteiger partial charge in [-0.25, -0.2) is 0 Å². The van der Waals surface area contributed by atoms with Crippen molar-refractivity contribution in [1.29, 1.82) is 0 Å². The van der Waals surface area contributed by atoms with E-state index in [9.17, 15) is 8.42 Å². The van der Waals surface area contributed by atoms with Crippen molar-refractivity contribution in [2.75, 3.05) is 17.3 Å². The Balaban J connectivity index is 3.06. The molecule has 9 heavy (non-hydrogen) atoms. The van der Waals surface area contributed by atoms with Crippen LogP contribution in [0, 0.1) is 0 Å². The molecular formula is C5H11O2S2+. The van der Waals surface area contributed by atoms with E-state index in [1.54, 1.807) is 0 Å². The van der Waals surface area contributed by atoms with Crippen molar-refractivity contribution in [3.8, 4) is 0 Å². The molecule has 0 N–H and O–H groups in total. The van der Waals surface area contributed by atoms with E-state index in [1.807, 2.05) is 6.92 Å². The van der Waals surface area contributed by atoms with Crippen LogP contribution in [0.5, 0.6) is 0 Å². The fraction of sp³-hybridized carbons (Fsp3) is 1.00. The molecule has 0 amide bonds. The summed E-state index contributed by atoms with van der Waals surface area (Å²) in [7, 11) is -0.681. The molecule has 0 aromatic rings. The molecule has 0 saturated carbocycles. The van der Waals surface area contributed by atoms with Crippen molar-refractivity contribution in [2.45, 2.75) is 13.3 Å². The van der Waals surface area contributed by atoms with Crippen molar-refractivity contribution < 1.29 is 8.42 Å². The molecule has 0 spiro atoms. The third-order valence-electron chi connectivity index (χ3n) is 0.922. The van der Waals surface area contributed by atoms with Crippen molar-refractivity contribution in [3.05, 3.63) is 0 Å². The second-order valence-corrected chi connectivity index (χ2v) is 4.12. The predicted octanol–water partition coefficient (Wildman–Crippen LogP) is 0.573. The summed E-state index contributed by atoms with van der Waals surface area (Å²) in [6.45, 7) is 1.89. The van der Waals surface area contributed by atoms with Crippen molar-refractivity contribution in [3.63, 3.8) is 0 Å². The maximum Gasteiger partial charge on any atom is 0.458 e. The predicted molar refractivity (Wildman–Crippen MR) is 41.1 cm³/mol. The highest BCUT2D eigenvalue weighted by Crippen LogP contribution is 1.85. The zero-order valence-corrected chi connectivity index (χ0v) is 7.09. The van der Waals surface area contributed by atoms with Crippen LogP contribution >= 0.6 is 0 Å². The van der Waals surface area contributed by atoms with Crippen LogP contribution in [0.25, 0.3) is 0 Å². The first kappa shape index (κ1) is 9.17. The van der Waals surface area contributed by atoms with Gasteiger partial charge >= 0.3 is 11.7 Å². The standard InChI is InChI=1S/C5H11O2S2/c1-2-9(7)5-3-4-8-6/h2-5H2,1H3/q+1. The lowest BCUT2D eigenvalue weighted by Crippen LogP contribution is -2.00. The third kappa shape index (κ3) is 6.05. The Morgan fingerprint density at radius 3 is 2.67 bits per heavy atom. The van der Waals surface area contributed by atoms with Crippen LogP contribution in [0.3, 0.4) is 0 Å². The monoisotopic (exact) mass is 167 g/mol. The molecule has 0 aromatic heterocycles. The van der Waals surface area contributed by atoms with Crippen molar-refractivity contribution in [2.24, 2.45) is 0 Å². The molecule has 0 radical (unpaired) electrons. The Hall–Kier alpha value is 0.170. The molecule has 0 aliphatic rings. The first-order valence-corrected chi connectivity index (χ1v) is 5.31. The van der Waals surface area contributed by atoms with Gasteiger partial charge in [-0.15, -0.1) is 0 Å². The van der Waals surface area contributed by atoms with Gasteiger partial charge in [-0.2, -0.15) is 0 Å². The fourth-order valence-electron chi connectivity index (χ4n) is 0.423. The molecule has 0 fully saturated rings. The first-order valence-electron chi connectivity index (χ1n) is 2.91. The summed E-state index contributed by atoms with van der Waals surface area (Å²) in [6, 6.07) is 0. The van der Waals surface area contributed by atoms with E-state index >= 15 is 0 Å². The van der Waals surface area contributed by atoms with Crippen molar-refractivity contribution >= 4 is 22.5 Å².